The lowest BCUT2D eigenvalue weighted by Gasteiger charge is -2.01. The highest BCUT2D eigenvalue weighted by molar-refractivity contribution is 9.10. The van der Waals surface area contributed by atoms with Gasteiger partial charge in [0.25, 0.3) is 0 Å². The van der Waals surface area contributed by atoms with Crippen LogP contribution >= 0.6 is 39.0 Å². The molecule has 0 atom stereocenters. The molecule has 0 spiro atoms. The first-order valence-corrected chi connectivity index (χ1v) is 9.38. The maximum atomic E-state index is 4.88. The van der Waals surface area contributed by atoms with Crippen LogP contribution < -0.4 is 5.32 Å². The first-order chi connectivity index (χ1) is 9.78. The normalized spacial score (nSPS) is 14.7. The van der Waals surface area contributed by atoms with Gasteiger partial charge in [-0.2, -0.15) is 0 Å². The van der Waals surface area contributed by atoms with E-state index in [4.69, 9.17) is 4.98 Å². The van der Waals surface area contributed by atoms with E-state index in [1.165, 1.54) is 37.8 Å². The van der Waals surface area contributed by atoms with Crippen LogP contribution in [0.25, 0.3) is 0 Å². The lowest BCUT2D eigenvalue weighted by Crippen LogP contribution is -2.05. The Balaban J connectivity index is 1.71. The van der Waals surface area contributed by atoms with E-state index in [2.05, 4.69) is 39.4 Å². The van der Waals surface area contributed by atoms with Crippen molar-refractivity contribution in [2.75, 3.05) is 7.05 Å². The van der Waals surface area contributed by atoms with Crippen molar-refractivity contribution in [3.05, 3.63) is 44.3 Å². The van der Waals surface area contributed by atoms with Crippen LogP contribution in [-0.4, -0.2) is 12.0 Å². The zero-order valence-corrected chi connectivity index (χ0v) is 14.6. The van der Waals surface area contributed by atoms with Crippen LogP contribution in [0.5, 0.6) is 0 Å². The van der Waals surface area contributed by atoms with Gasteiger partial charge in [-0.25, -0.2) is 4.98 Å². The average Bonchev–Trinajstić information content (AvgIpc) is 3.21. The molecule has 0 saturated heterocycles. The topological polar surface area (TPSA) is 24.9 Å². The van der Waals surface area contributed by atoms with Gasteiger partial charge in [-0.1, -0.05) is 12.1 Å². The molecule has 2 nitrogen and oxygen atoms in total. The van der Waals surface area contributed by atoms with E-state index >= 15 is 0 Å². The molecule has 0 radical (unpaired) electrons. The summed E-state index contributed by atoms with van der Waals surface area (Å²) in [4.78, 5) is 7.59. The minimum absolute atomic E-state index is 0.733. The smallest absolute Gasteiger partial charge is 0.103 e. The molecule has 0 amide bonds. The molecular formula is C15H17BrN2S2. The third-order valence-electron chi connectivity index (χ3n) is 3.26. The van der Waals surface area contributed by atoms with Gasteiger partial charge in [-0.05, 0) is 48.0 Å². The number of thiazole rings is 1. The molecule has 5 heteroatoms. The second kappa shape index (κ2) is 6.60. The predicted molar refractivity (Wildman–Crippen MR) is 90.6 cm³/mol. The van der Waals surface area contributed by atoms with Crippen molar-refractivity contribution >= 4 is 39.0 Å². The van der Waals surface area contributed by atoms with Crippen LogP contribution in [0, 0.1) is 0 Å². The number of thioether (sulfide) groups is 1. The van der Waals surface area contributed by atoms with Crippen LogP contribution in [0.3, 0.4) is 0 Å². The van der Waals surface area contributed by atoms with E-state index in [9.17, 15) is 0 Å². The fraction of sp³-hybridized carbons (Fsp3) is 0.400. The molecule has 1 aliphatic carbocycles. The summed E-state index contributed by atoms with van der Waals surface area (Å²) >= 11 is 7.32. The number of halogens is 1. The fourth-order valence-corrected chi connectivity index (χ4v) is 4.87. The second-order valence-electron chi connectivity index (χ2n) is 4.94. The molecule has 0 aliphatic heterocycles. The fourth-order valence-electron chi connectivity index (χ4n) is 2.14. The number of hydrogen-bond acceptors (Lipinski definition) is 4. The van der Waals surface area contributed by atoms with Crippen molar-refractivity contribution in [2.45, 2.75) is 36.0 Å². The highest BCUT2D eigenvalue weighted by Gasteiger charge is 2.29. The molecular weight excluding hydrogens is 352 g/mol. The van der Waals surface area contributed by atoms with Crippen LogP contribution in [-0.2, 0) is 12.3 Å². The van der Waals surface area contributed by atoms with Gasteiger partial charge >= 0.3 is 0 Å². The summed E-state index contributed by atoms with van der Waals surface area (Å²) in [6.45, 7) is 0.948. The number of nitrogens with zero attached hydrogens (tertiary/aromatic N) is 1. The molecule has 20 heavy (non-hydrogen) atoms. The van der Waals surface area contributed by atoms with Crippen molar-refractivity contribution in [2.24, 2.45) is 0 Å². The molecule has 3 rings (SSSR count). The van der Waals surface area contributed by atoms with Gasteiger partial charge in [-0.3, -0.25) is 0 Å². The number of rotatable bonds is 6. The second-order valence-corrected chi connectivity index (χ2v) is 7.98. The molecule has 1 aromatic heterocycles. The molecule has 2 aromatic rings. The summed E-state index contributed by atoms with van der Waals surface area (Å²) in [5, 5.41) is 4.51. The monoisotopic (exact) mass is 368 g/mol. The molecule has 1 fully saturated rings. The molecule has 0 bridgehead atoms. The maximum Gasteiger partial charge on any atom is 0.103 e. The lowest BCUT2D eigenvalue weighted by molar-refractivity contribution is 0.812. The van der Waals surface area contributed by atoms with Gasteiger partial charge in [0.15, 0.2) is 0 Å². The zero-order valence-electron chi connectivity index (χ0n) is 11.4. The van der Waals surface area contributed by atoms with Gasteiger partial charge in [-0.15, -0.1) is 23.1 Å². The van der Waals surface area contributed by atoms with Gasteiger partial charge in [0.05, 0.1) is 11.4 Å². The van der Waals surface area contributed by atoms with E-state index in [0.29, 0.717) is 0 Å². The molecule has 1 saturated carbocycles. The SMILES string of the molecule is CNCc1sc(CSc2ccccc2Br)nc1C1CC1. The Bertz CT molecular complexity index is 593. The third-order valence-corrected chi connectivity index (χ3v) is 6.55. The van der Waals surface area contributed by atoms with Crippen molar-refractivity contribution in [1.29, 1.82) is 0 Å². The largest absolute Gasteiger partial charge is 0.315 e. The number of benzene rings is 1. The van der Waals surface area contributed by atoms with Crippen LogP contribution in [0.1, 0.15) is 34.3 Å². The molecule has 1 heterocycles. The Morgan fingerprint density at radius 2 is 2.20 bits per heavy atom. The van der Waals surface area contributed by atoms with E-state index in [1.807, 2.05) is 36.2 Å². The Morgan fingerprint density at radius 1 is 1.40 bits per heavy atom. The summed E-state index contributed by atoms with van der Waals surface area (Å²) in [6, 6.07) is 8.37. The first kappa shape index (κ1) is 14.6. The Labute approximate surface area is 136 Å². The van der Waals surface area contributed by atoms with E-state index < -0.39 is 0 Å². The Hall–Kier alpha value is -0.360. The minimum Gasteiger partial charge on any atom is -0.315 e. The Morgan fingerprint density at radius 3 is 2.90 bits per heavy atom. The van der Waals surface area contributed by atoms with Crippen molar-refractivity contribution < 1.29 is 0 Å². The molecule has 0 unspecified atom stereocenters. The zero-order chi connectivity index (χ0) is 13.9. The predicted octanol–water partition coefficient (Wildman–Crippen LogP) is 4.79. The summed E-state index contributed by atoms with van der Waals surface area (Å²) in [5.41, 5.74) is 1.35. The standard InChI is InChI=1S/C15H17BrN2S2/c1-17-8-13-15(10-6-7-10)18-14(20-13)9-19-12-5-3-2-4-11(12)16/h2-5,10,17H,6-9H2,1H3. The van der Waals surface area contributed by atoms with Crippen LogP contribution in [0.2, 0.25) is 0 Å². The quantitative estimate of drug-likeness (QED) is 0.741. The molecule has 106 valence electrons. The van der Waals surface area contributed by atoms with Crippen molar-refractivity contribution in [3.8, 4) is 0 Å². The third kappa shape index (κ3) is 3.45. The highest BCUT2D eigenvalue weighted by atomic mass is 79.9. The van der Waals surface area contributed by atoms with Gasteiger partial charge in [0.1, 0.15) is 5.01 Å². The number of hydrogen-bond donors (Lipinski definition) is 1. The van der Waals surface area contributed by atoms with Gasteiger partial charge in [0, 0.05) is 26.7 Å². The summed E-state index contributed by atoms with van der Waals surface area (Å²) < 4.78 is 1.17. The lowest BCUT2D eigenvalue weighted by atomic mass is 10.2. The average molecular weight is 369 g/mol. The summed E-state index contributed by atoms with van der Waals surface area (Å²) in [7, 11) is 2.01. The Kier molecular flexibility index (Phi) is 4.81. The number of aromatic nitrogens is 1. The van der Waals surface area contributed by atoms with E-state index in [-0.39, 0.29) is 0 Å². The molecule has 1 aliphatic rings. The van der Waals surface area contributed by atoms with E-state index in [1.54, 1.807) is 0 Å². The van der Waals surface area contributed by atoms with Crippen LogP contribution in [0.4, 0.5) is 0 Å². The van der Waals surface area contributed by atoms with Crippen LogP contribution in [0.15, 0.2) is 33.6 Å². The summed E-state index contributed by atoms with van der Waals surface area (Å²) in [5.74, 6) is 1.69. The highest BCUT2D eigenvalue weighted by Crippen LogP contribution is 2.43. The van der Waals surface area contributed by atoms with Gasteiger partial charge < -0.3 is 5.32 Å². The summed E-state index contributed by atoms with van der Waals surface area (Å²) in [6.07, 6.45) is 2.63. The van der Waals surface area contributed by atoms with Gasteiger partial charge in [0.2, 0.25) is 0 Å². The maximum absolute atomic E-state index is 4.88. The van der Waals surface area contributed by atoms with E-state index in [0.717, 1.165) is 18.2 Å². The number of nitrogens with one attached hydrogen (secondary N) is 1. The first-order valence-electron chi connectivity index (χ1n) is 6.78. The molecule has 1 N–H and O–H groups in total. The molecule has 1 aromatic carbocycles. The van der Waals surface area contributed by atoms with Crippen molar-refractivity contribution in [3.63, 3.8) is 0 Å². The minimum atomic E-state index is 0.733. The van der Waals surface area contributed by atoms with Crippen molar-refractivity contribution in [1.82, 2.24) is 10.3 Å².